The second-order valence-electron chi connectivity index (χ2n) is 3.10. The van der Waals surface area contributed by atoms with Crippen molar-refractivity contribution in [2.24, 2.45) is 5.73 Å². The second kappa shape index (κ2) is 6.21. The average Bonchev–Trinajstić information content (AvgIpc) is 1.93. The van der Waals surface area contributed by atoms with Crippen LogP contribution >= 0.6 is 0 Å². The average molecular weight is 199 g/mol. The van der Waals surface area contributed by atoms with Gasteiger partial charge in [-0.15, -0.1) is 0 Å². The number of alkyl halides is 3. The van der Waals surface area contributed by atoms with Gasteiger partial charge in [-0.25, -0.2) is 0 Å². The Morgan fingerprint density at radius 3 is 2.38 bits per heavy atom. The normalized spacial score (nSPS) is 14.5. The Hall–Kier alpha value is -0.290. The summed E-state index contributed by atoms with van der Waals surface area (Å²) in [6.07, 6.45) is -4.12. The molecule has 0 aromatic carbocycles. The maximum atomic E-state index is 11.6. The van der Waals surface area contributed by atoms with Gasteiger partial charge in [-0.05, 0) is 19.8 Å². The third-order valence-corrected chi connectivity index (χ3v) is 1.47. The van der Waals surface area contributed by atoms with Gasteiger partial charge in [0, 0.05) is 25.7 Å². The summed E-state index contributed by atoms with van der Waals surface area (Å²) in [6.45, 7) is 2.43. The van der Waals surface area contributed by atoms with E-state index in [1.165, 1.54) is 0 Å². The van der Waals surface area contributed by atoms with Crippen LogP contribution in [0.2, 0.25) is 0 Å². The lowest BCUT2D eigenvalue weighted by Gasteiger charge is -2.07. The van der Waals surface area contributed by atoms with Crippen molar-refractivity contribution in [1.29, 1.82) is 0 Å². The lowest BCUT2D eigenvalue weighted by Crippen LogP contribution is -2.17. The van der Waals surface area contributed by atoms with Gasteiger partial charge in [0.25, 0.3) is 0 Å². The van der Waals surface area contributed by atoms with Gasteiger partial charge in [0.2, 0.25) is 0 Å². The highest BCUT2D eigenvalue weighted by atomic mass is 19.4. The molecule has 1 unspecified atom stereocenters. The Morgan fingerprint density at radius 1 is 1.31 bits per heavy atom. The van der Waals surface area contributed by atoms with E-state index in [0.717, 1.165) is 0 Å². The molecule has 2 nitrogen and oxygen atoms in total. The van der Waals surface area contributed by atoms with Crippen LogP contribution < -0.4 is 5.73 Å². The fraction of sp³-hybridized carbons (Fsp3) is 1.00. The number of nitrogens with two attached hydrogens (primary N) is 1. The van der Waals surface area contributed by atoms with Crippen LogP contribution in [0, 0.1) is 0 Å². The van der Waals surface area contributed by atoms with Gasteiger partial charge >= 0.3 is 6.18 Å². The smallest absolute Gasteiger partial charge is 0.381 e. The van der Waals surface area contributed by atoms with Crippen LogP contribution in [0.3, 0.4) is 0 Å². The minimum atomic E-state index is -4.06. The van der Waals surface area contributed by atoms with Gasteiger partial charge in [0.05, 0.1) is 0 Å². The van der Waals surface area contributed by atoms with E-state index in [4.69, 9.17) is 10.5 Å². The van der Waals surface area contributed by atoms with Crippen molar-refractivity contribution in [2.75, 3.05) is 13.2 Å². The van der Waals surface area contributed by atoms with Crippen LogP contribution in [0.1, 0.15) is 26.2 Å². The molecule has 0 radical (unpaired) electrons. The summed E-state index contributed by atoms with van der Waals surface area (Å²) >= 11 is 0. The molecule has 0 aliphatic heterocycles. The fourth-order valence-corrected chi connectivity index (χ4v) is 0.746. The molecular formula is C8H16F3NO. The monoisotopic (exact) mass is 199 g/mol. The summed E-state index contributed by atoms with van der Waals surface area (Å²) in [6, 6.07) is 0.0441. The minimum absolute atomic E-state index is 0.0302. The van der Waals surface area contributed by atoms with Crippen LogP contribution in [-0.4, -0.2) is 25.4 Å². The topological polar surface area (TPSA) is 35.2 Å². The molecule has 2 N–H and O–H groups in total. The zero-order valence-corrected chi connectivity index (χ0v) is 7.73. The summed E-state index contributed by atoms with van der Waals surface area (Å²) in [7, 11) is 0. The molecule has 1 atom stereocenters. The summed E-state index contributed by atoms with van der Waals surface area (Å²) < 4.78 is 39.8. The standard InChI is InChI=1S/C8H16F3NO/c1-7(12)3-6-13-5-2-4-8(9,10)11/h7H,2-6,12H2,1H3. The van der Waals surface area contributed by atoms with Crippen LogP contribution in [0.5, 0.6) is 0 Å². The summed E-state index contributed by atoms with van der Waals surface area (Å²) in [5.41, 5.74) is 5.42. The third-order valence-electron chi connectivity index (χ3n) is 1.47. The molecule has 0 saturated heterocycles. The van der Waals surface area contributed by atoms with E-state index >= 15 is 0 Å². The molecule has 0 saturated carbocycles. The first-order valence-electron chi connectivity index (χ1n) is 4.32. The maximum Gasteiger partial charge on any atom is 0.389 e. The first-order chi connectivity index (χ1) is 5.92. The highest BCUT2D eigenvalue weighted by molar-refractivity contribution is 4.52. The predicted octanol–water partition coefficient (Wildman–Crippen LogP) is 2.08. The first kappa shape index (κ1) is 12.7. The van der Waals surface area contributed by atoms with Gasteiger partial charge in [-0.1, -0.05) is 0 Å². The molecule has 0 fully saturated rings. The molecule has 0 aliphatic rings. The van der Waals surface area contributed by atoms with E-state index in [9.17, 15) is 13.2 Å². The van der Waals surface area contributed by atoms with Crippen LogP contribution in [0.15, 0.2) is 0 Å². The zero-order chi connectivity index (χ0) is 10.3. The number of hydrogen-bond acceptors (Lipinski definition) is 2. The molecule has 0 aromatic heterocycles. The van der Waals surface area contributed by atoms with Crippen LogP contribution in [0.4, 0.5) is 13.2 Å². The highest BCUT2D eigenvalue weighted by Crippen LogP contribution is 2.20. The molecule has 0 rings (SSSR count). The molecule has 80 valence electrons. The SMILES string of the molecule is CC(N)CCOCCCC(F)(F)F. The van der Waals surface area contributed by atoms with Crippen LogP contribution in [-0.2, 0) is 4.74 Å². The van der Waals surface area contributed by atoms with Gasteiger partial charge in [0.15, 0.2) is 0 Å². The molecule has 0 aromatic rings. The number of hydrogen-bond donors (Lipinski definition) is 1. The Kier molecular flexibility index (Phi) is 6.07. The molecule has 5 heteroatoms. The molecule has 0 spiro atoms. The Bertz CT molecular complexity index is 125. The fourth-order valence-electron chi connectivity index (χ4n) is 0.746. The third kappa shape index (κ3) is 11.7. The zero-order valence-electron chi connectivity index (χ0n) is 7.73. The lowest BCUT2D eigenvalue weighted by atomic mass is 10.3. The summed E-state index contributed by atoms with van der Waals surface area (Å²) in [5.74, 6) is 0. The van der Waals surface area contributed by atoms with E-state index < -0.39 is 12.6 Å². The van der Waals surface area contributed by atoms with Gasteiger partial charge < -0.3 is 10.5 Å². The number of halogens is 3. The molecule has 0 bridgehead atoms. The van der Waals surface area contributed by atoms with E-state index in [0.29, 0.717) is 13.0 Å². The maximum absolute atomic E-state index is 11.6. The molecule has 0 heterocycles. The van der Waals surface area contributed by atoms with Crippen LogP contribution in [0.25, 0.3) is 0 Å². The van der Waals surface area contributed by atoms with E-state index in [-0.39, 0.29) is 19.1 Å². The summed E-state index contributed by atoms with van der Waals surface area (Å²) in [4.78, 5) is 0. The molecule has 0 amide bonds. The van der Waals surface area contributed by atoms with E-state index in [1.807, 2.05) is 6.92 Å². The predicted molar refractivity (Wildman–Crippen MR) is 44.4 cm³/mol. The van der Waals surface area contributed by atoms with Gasteiger partial charge in [0.1, 0.15) is 0 Å². The first-order valence-corrected chi connectivity index (χ1v) is 4.32. The molecule has 13 heavy (non-hydrogen) atoms. The second-order valence-corrected chi connectivity index (χ2v) is 3.10. The van der Waals surface area contributed by atoms with Crippen molar-refractivity contribution < 1.29 is 17.9 Å². The highest BCUT2D eigenvalue weighted by Gasteiger charge is 2.25. The molecular weight excluding hydrogens is 183 g/mol. The quantitative estimate of drug-likeness (QED) is 0.665. The Balaban J connectivity index is 3.09. The van der Waals surface area contributed by atoms with Crippen molar-refractivity contribution in [3.05, 3.63) is 0 Å². The number of ether oxygens (including phenoxy) is 1. The van der Waals surface area contributed by atoms with Crippen molar-refractivity contribution >= 4 is 0 Å². The van der Waals surface area contributed by atoms with E-state index in [2.05, 4.69) is 0 Å². The van der Waals surface area contributed by atoms with Gasteiger partial charge in [-0.3, -0.25) is 0 Å². The minimum Gasteiger partial charge on any atom is -0.381 e. The number of rotatable bonds is 6. The van der Waals surface area contributed by atoms with Crippen molar-refractivity contribution in [3.8, 4) is 0 Å². The van der Waals surface area contributed by atoms with E-state index in [1.54, 1.807) is 0 Å². The Morgan fingerprint density at radius 2 is 1.92 bits per heavy atom. The summed E-state index contributed by atoms with van der Waals surface area (Å²) in [5, 5.41) is 0. The van der Waals surface area contributed by atoms with Crippen molar-refractivity contribution in [1.82, 2.24) is 0 Å². The largest absolute Gasteiger partial charge is 0.389 e. The van der Waals surface area contributed by atoms with Gasteiger partial charge in [-0.2, -0.15) is 13.2 Å². The van der Waals surface area contributed by atoms with Crippen molar-refractivity contribution in [2.45, 2.75) is 38.4 Å². The van der Waals surface area contributed by atoms with Crippen molar-refractivity contribution in [3.63, 3.8) is 0 Å². The Labute approximate surface area is 76.2 Å². The molecule has 0 aliphatic carbocycles. The lowest BCUT2D eigenvalue weighted by molar-refractivity contribution is -0.137.